The summed E-state index contributed by atoms with van der Waals surface area (Å²) in [4.78, 5) is 0. The smallest absolute Gasteiger partial charge is 0.146 e. The van der Waals surface area contributed by atoms with E-state index in [0.29, 0.717) is 10.7 Å². The second kappa shape index (κ2) is 5.59. The van der Waals surface area contributed by atoms with Crippen molar-refractivity contribution in [1.29, 1.82) is 0 Å². The molecule has 2 aromatic rings. The Morgan fingerprint density at radius 3 is 2.58 bits per heavy atom. The lowest BCUT2D eigenvalue weighted by molar-refractivity contribution is 0.223. The lowest BCUT2D eigenvalue weighted by Gasteiger charge is -2.30. The van der Waals surface area contributed by atoms with Gasteiger partial charge in [0.1, 0.15) is 5.82 Å². The van der Waals surface area contributed by atoms with E-state index in [1.54, 1.807) is 43.3 Å². The van der Waals surface area contributed by atoms with Crippen molar-refractivity contribution in [3.05, 3.63) is 64.9 Å². The molecule has 0 saturated heterocycles. The summed E-state index contributed by atoms with van der Waals surface area (Å²) in [5, 5.41) is 13.3. The molecule has 0 aliphatic heterocycles. The fourth-order valence-corrected chi connectivity index (χ4v) is 2.08. The maximum absolute atomic E-state index is 13.7. The van der Waals surface area contributed by atoms with Crippen LogP contribution in [0.2, 0.25) is 5.02 Å². The zero-order valence-corrected chi connectivity index (χ0v) is 11.3. The standard InChI is InChI=1S/C15H15ClFNO/c1-15(10-19,11-5-4-6-12(16)9-11)18-14-8-3-2-7-13(14)17/h2-9,18-19H,10H2,1H3. The molecule has 1 atom stereocenters. The highest BCUT2D eigenvalue weighted by atomic mass is 35.5. The van der Waals surface area contributed by atoms with Crippen molar-refractivity contribution >= 4 is 17.3 Å². The summed E-state index contributed by atoms with van der Waals surface area (Å²) in [6.45, 7) is 1.62. The van der Waals surface area contributed by atoms with Gasteiger partial charge in [-0.3, -0.25) is 0 Å². The molecule has 4 heteroatoms. The van der Waals surface area contributed by atoms with Crippen LogP contribution in [-0.2, 0) is 5.54 Å². The summed E-state index contributed by atoms with van der Waals surface area (Å²) in [5.41, 5.74) is 0.345. The summed E-state index contributed by atoms with van der Waals surface area (Å²) < 4.78 is 13.7. The Kier molecular flexibility index (Phi) is 4.08. The number of para-hydroxylation sites is 1. The van der Waals surface area contributed by atoms with E-state index in [1.807, 2.05) is 6.07 Å². The third-order valence-electron chi connectivity index (χ3n) is 3.06. The molecule has 0 bridgehead atoms. The highest BCUT2D eigenvalue weighted by molar-refractivity contribution is 6.30. The van der Waals surface area contributed by atoms with Gasteiger partial charge in [-0.05, 0) is 36.8 Å². The summed E-state index contributed by atoms with van der Waals surface area (Å²) >= 11 is 5.96. The summed E-state index contributed by atoms with van der Waals surface area (Å²) in [5.74, 6) is -0.357. The number of hydrogen-bond acceptors (Lipinski definition) is 2. The van der Waals surface area contributed by atoms with Gasteiger partial charge in [-0.15, -0.1) is 0 Å². The van der Waals surface area contributed by atoms with Gasteiger partial charge >= 0.3 is 0 Å². The average Bonchev–Trinajstić information content (AvgIpc) is 2.41. The second-order valence-electron chi connectivity index (χ2n) is 4.61. The predicted octanol–water partition coefficient (Wildman–Crippen LogP) is 3.80. The predicted molar refractivity (Wildman–Crippen MR) is 75.9 cm³/mol. The Hall–Kier alpha value is -1.58. The SMILES string of the molecule is CC(CO)(Nc1ccccc1F)c1cccc(Cl)c1. The van der Waals surface area contributed by atoms with Gasteiger partial charge in [0.05, 0.1) is 17.8 Å². The molecule has 0 radical (unpaired) electrons. The van der Waals surface area contributed by atoms with Crippen molar-refractivity contribution < 1.29 is 9.50 Å². The van der Waals surface area contributed by atoms with Crippen LogP contribution in [0, 0.1) is 5.82 Å². The number of aliphatic hydroxyl groups excluding tert-OH is 1. The van der Waals surface area contributed by atoms with E-state index in [-0.39, 0.29) is 12.4 Å². The number of benzene rings is 2. The number of anilines is 1. The molecule has 19 heavy (non-hydrogen) atoms. The molecule has 0 aromatic heterocycles. The minimum Gasteiger partial charge on any atom is -0.394 e. The van der Waals surface area contributed by atoms with Crippen molar-refractivity contribution in [2.45, 2.75) is 12.5 Å². The van der Waals surface area contributed by atoms with Gasteiger partial charge < -0.3 is 10.4 Å². The number of hydrogen-bond donors (Lipinski definition) is 2. The average molecular weight is 280 g/mol. The fraction of sp³-hybridized carbons (Fsp3) is 0.200. The number of rotatable bonds is 4. The summed E-state index contributed by atoms with van der Waals surface area (Å²) in [6, 6.07) is 13.5. The lowest BCUT2D eigenvalue weighted by Crippen LogP contribution is -2.36. The largest absolute Gasteiger partial charge is 0.394 e. The van der Waals surface area contributed by atoms with Crippen LogP contribution < -0.4 is 5.32 Å². The van der Waals surface area contributed by atoms with Crippen LogP contribution in [0.1, 0.15) is 12.5 Å². The zero-order chi connectivity index (χ0) is 13.9. The number of nitrogens with one attached hydrogen (secondary N) is 1. The first-order chi connectivity index (χ1) is 9.05. The van der Waals surface area contributed by atoms with Crippen molar-refractivity contribution in [3.8, 4) is 0 Å². The van der Waals surface area contributed by atoms with Crippen molar-refractivity contribution in [1.82, 2.24) is 0 Å². The minimum absolute atomic E-state index is 0.179. The maximum Gasteiger partial charge on any atom is 0.146 e. The van der Waals surface area contributed by atoms with Crippen molar-refractivity contribution in [2.75, 3.05) is 11.9 Å². The first-order valence-electron chi connectivity index (χ1n) is 5.95. The highest BCUT2D eigenvalue weighted by Gasteiger charge is 2.26. The van der Waals surface area contributed by atoms with Crippen LogP contribution in [0.3, 0.4) is 0 Å². The van der Waals surface area contributed by atoms with Gasteiger partial charge in [-0.2, -0.15) is 0 Å². The van der Waals surface area contributed by atoms with E-state index >= 15 is 0 Å². The van der Waals surface area contributed by atoms with E-state index in [1.165, 1.54) is 6.07 Å². The van der Waals surface area contributed by atoms with E-state index in [4.69, 9.17) is 11.6 Å². The molecule has 0 fully saturated rings. The van der Waals surface area contributed by atoms with E-state index < -0.39 is 5.54 Å². The highest BCUT2D eigenvalue weighted by Crippen LogP contribution is 2.28. The normalized spacial score (nSPS) is 13.9. The van der Waals surface area contributed by atoms with Gasteiger partial charge in [0.2, 0.25) is 0 Å². The molecule has 2 rings (SSSR count). The van der Waals surface area contributed by atoms with Crippen LogP contribution in [-0.4, -0.2) is 11.7 Å². The number of halogens is 2. The Morgan fingerprint density at radius 1 is 1.21 bits per heavy atom. The van der Waals surface area contributed by atoms with E-state index in [0.717, 1.165) is 5.56 Å². The molecule has 0 amide bonds. The summed E-state index contributed by atoms with van der Waals surface area (Å²) in [6.07, 6.45) is 0. The van der Waals surface area contributed by atoms with Gasteiger partial charge in [0.15, 0.2) is 0 Å². The molecule has 2 N–H and O–H groups in total. The van der Waals surface area contributed by atoms with Gasteiger partial charge in [-0.1, -0.05) is 35.9 Å². The molecule has 0 aliphatic rings. The van der Waals surface area contributed by atoms with E-state index in [9.17, 15) is 9.50 Å². The van der Waals surface area contributed by atoms with Crippen LogP contribution in [0.25, 0.3) is 0 Å². The molecule has 0 heterocycles. The summed E-state index contributed by atoms with van der Waals surface area (Å²) in [7, 11) is 0. The van der Waals surface area contributed by atoms with Crippen molar-refractivity contribution in [3.63, 3.8) is 0 Å². The topological polar surface area (TPSA) is 32.3 Å². The maximum atomic E-state index is 13.7. The molecular weight excluding hydrogens is 265 g/mol. The molecule has 2 aromatic carbocycles. The monoisotopic (exact) mass is 279 g/mol. The Bertz CT molecular complexity index is 576. The Morgan fingerprint density at radius 2 is 1.95 bits per heavy atom. The van der Waals surface area contributed by atoms with Crippen LogP contribution in [0.15, 0.2) is 48.5 Å². The van der Waals surface area contributed by atoms with Gasteiger partial charge in [-0.25, -0.2) is 4.39 Å². The quantitative estimate of drug-likeness (QED) is 0.892. The van der Waals surface area contributed by atoms with Crippen LogP contribution in [0.5, 0.6) is 0 Å². The second-order valence-corrected chi connectivity index (χ2v) is 5.04. The van der Waals surface area contributed by atoms with Crippen LogP contribution in [0.4, 0.5) is 10.1 Å². The molecule has 0 aliphatic carbocycles. The number of aliphatic hydroxyl groups is 1. The van der Waals surface area contributed by atoms with Crippen molar-refractivity contribution in [2.24, 2.45) is 0 Å². The zero-order valence-electron chi connectivity index (χ0n) is 10.5. The van der Waals surface area contributed by atoms with E-state index in [2.05, 4.69) is 5.32 Å². The first-order valence-corrected chi connectivity index (χ1v) is 6.32. The van der Waals surface area contributed by atoms with Gasteiger partial charge in [0, 0.05) is 5.02 Å². The third-order valence-corrected chi connectivity index (χ3v) is 3.30. The first kappa shape index (κ1) is 13.8. The molecule has 100 valence electrons. The molecule has 1 unspecified atom stereocenters. The molecule has 0 saturated carbocycles. The fourth-order valence-electron chi connectivity index (χ4n) is 1.89. The Balaban J connectivity index is 2.36. The van der Waals surface area contributed by atoms with Gasteiger partial charge in [0.25, 0.3) is 0 Å². The molecule has 0 spiro atoms. The molecular formula is C15H15ClFNO. The molecule has 2 nitrogen and oxygen atoms in total. The Labute approximate surface area is 116 Å². The third kappa shape index (κ3) is 3.06. The van der Waals surface area contributed by atoms with Crippen LogP contribution >= 0.6 is 11.6 Å². The lowest BCUT2D eigenvalue weighted by atomic mass is 9.92. The minimum atomic E-state index is -0.799.